The van der Waals surface area contributed by atoms with Gasteiger partial charge in [0.25, 0.3) is 0 Å². The first-order chi connectivity index (χ1) is 17.4. The van der Waals surface area contributed by atoms with E-state index in [9.17, 15) is 4.79 Å². The molecule has 36 heavy (non-hydrogen) atoms. The summed E-state index contributed by atoms with van der Waals surface area (Å²) in [5, 5.41) is 1.72. The molecule has 2 atom stereocenters. The number of carbonyl (C=O) groups is 1. The number of benzene rings is 4. The Morgan fingerprint density at radius 2 is 1.42 bits per heavy atom. The maximum atomic E-state index is 11.5. The summed E-state index contributed by atoms with van der Waals surface area (Å²) in [7, 11) is 0. The molecule has 6 heteroatoms. The van der Waals surface area contributed by atoms with E-state index in [4.69, 9.17) is 30.5 Å². The third-order valence-electron chi connectivity index (χ3n) is 5.60. The lowest BCUT2D eigenvalue weighted by Crippen LogP contribution is -2.42. The van der Waals surface area contributed by atoms with E-state index in [1.54, 1.807) is 6.07 Å². The molecule has 0 aliphatic carbocycles. The van der Waals surface area contributed by atoms with Crippen molar-refractivity contribution >= 4 is 28.3 Å². The average Bonchev–Trinajstić information content (AvgIpc) is 2.85. The number of rotatable bonds is 10. The number of halogens is 1. The molecule has 0 aromatic heterocycles. The third kappa shape index (κ3) is 6.70. The van der Waals surface area contributed by atoms with Gasteiger partial charge in [-0.3, -0.25) is 4.79 Å². The van der Waals surface area contributed by atoms with E-state index in [0.29, 0.717) is 17.2 Å². The first-order valence-electron chi connectivity index (χ1n) is 11.8. The highest BCUT2D eigenvalue weighted by Crippen LogP contribution is 2.30. The van der Waals surface area contributed by atoms with Crippen LogP contribution >= 0.6 is 11.6 Å². The lowest BCUT2D eigenvalue weighted by Gasteiger charge is -2.27. The van der Waals surface area contributed by atoms with E-state index in [1.807, 2.05) is 92.7 Å². The fourth-order valence-electron chi connectivity index (χ4n) is 3.89. The summed E-state index contributed by atoms with van der Waals surface area (Å²) in [4.78, 5) is 11.5. The Morgan fingerprint density at radius 1 is 0.778 bits per heavy atom. The molecule has 0 aliphatic rings. The summed E-state index contributed by atoms with van der Waals surface area (Å²) in [5.41, 5.74) is 2.18. The van der Waals surface area contributed by atoms with Crippen molar-refractivity contribution in [1.29, 1.82) is 0 Å². The monoisotopic (exact) mass is 504 g/mol. The van der Waals surface area contributed by atoms with Gasteiger partial charge in [0.05, 0.1) is 5.88 Å². The summed E-state index contributed by atoms with van der Waals surface area (Å²) in [5.74, 6) is 2.36. The molecule has 5 nitrogen and oxygen atoms in total. The van der Waals surface area contributed by atoms with Gasteiger partial charge in [-0.25, -0.2) is 0 Å². The molecule has 4 aromatic rings. The van der Waals surface area contributed by atoms with Crippen molar-refractivity contribution in [2.45, 2.75) is 33.0 Å². The van der Waals surface area contributed by atoms with Gasteiger partial charge in [-0.05, 0) is 72.8 Å². The van der Waals surface area contributed by atoms with Gasteiger partial charge in [0.1, 0.15) is 29.6 Å². The summed E-state index contributed by atoms with van der Waals surface area (Å²) >= 11 is 6.37. The van der Waals surface area contributed by atoms with Gasteiger partial charge in [0, 0.05) is 12.3 Å². The molecule has 2 unspecified atom stereocenters. The third-order valence-corrected chi connectivity index (χ3v) is 5.91. The van der Waals surface area contributed by atoms with Crippen molar-refractivity contribution < 1.29 is 23.7 Å². The number of carbonyl (C=O) groups excluding carboxylic acids is 1. The second kappa shape index (κ2) is 11.8. The van der Waals surface area contributed by atoms with Crippen LogP contribution in [0.1, 0.15) is 18.1 Å². The summed E-state index contributed by atoms with van der Waals surface area (Å²) in [6, 6.07) is 26.9. The maximum absolute atomic E-state index is 11.5. The largest absolute Gasteiger partial charge is 0.490 e. The molecule has 4 rings (SSSR count). The van der Waals surface area contributed by atoms with Gasteiger partial charge in [-0.15, -0.1) is 11.6 Å². The molecule has 4 aromatic carbocycles. The minimum absolute atomic E-state index is 0.193. The van der Waals surface area contributed by atoms with Crippen LogP contribution in [0.2, 0.25) is 0 Å². The fourth-order valence-corrected chi connectivity index (χ4v) is 4.15. The van der Waals surface area contributed by atoms with Gasteiger partial charge in [0.15, 0.2) is 12.2 Å². The van der Waals surface area contributed by atoms with Crippen molar-refractivity contribution in [3.63, 3.8) is 0 Å². The van der Waals surface area contributed by atoms with E-state index >= 15 is 0 Å². The van der Waals surface area contributed by atoms with E-state index < -0.39 is 12.2 Å². The minimum atomic E-state index is -0.496. The van der Waals surface area contributed by atoms with E-state index in [-0.39, 0.29) is 18.5 Å². The van der Waals surface area contributed by atoms with Crippen molar-refractivity contribution in [3.05, 3.63) is 96.1 Å². The SMILES string of the molecule is CC(=O)Oc1cccc2ccc(OCC(Oc3cccc(C)c3)C(CCl)Oc3cccc(C)c3)cc12. The van der Waals surface area contributed by atoms with Gasteiger partial charge in [0.2, 0.25) is 0 Å². The van der Waals surface area contributed by atoms with Crippen LogP contribution in [0.5, 0.6) is 23.0 Å². The molecule has 0 saturated carbocycles. The van der Waals surface area contributed by atoms with Gasteiger partial charge < -0.3 is 18.9 Å². The van der Waals surface area contributed by atoms with Crippen molar-refractivity contribution in [2.75, 3.05) is 12.5 Å². The molecule has 0 saturated heterocycles. The molecule has 0 radical (unpaired) electrons. The molecule has 0 heterocycles. The second-order valence-corrected chi connectivity index (χ2v) is 8.95. The quantitative estimate of drug-likeness (QED) is 0.134. The number of alkyl halides is 1. The number of esters is 1. The van der Waals surface area contributed by atoms with Crippen LogP contribution in [-0.2, 0) is 4.79 Å². The van der Waals surface area contributed by atoms with Gasteiger partial charge >= 0.3 is 5.97 Å². The fraction of sp³-hybridized carbons (Fsp3) is 0.233. The highest BCUT2D eigenvalue weighted by atomic mass is 35.5. The molecule has 0 bridgehead atoms. The number of fused-ring (bicyclic) bond motifs is 1. The summed E-state index contributed by atoms with van der Waals surface area (Å²) in [6.07, 6.45) is -0.963. The average molecular weight is 505 g/mol. The lowest BCUT2D eigenvalue weighted by molar-refractivity contribution is -0.131. The van der Waals surface area contributed by atoms with E-state index in [0.717, 1.165) is 27.6 Å². The maximum Gasteiger partial charge on any atom is 0.308 e. The van der Waals surface area contributed by atoms with Crippen LogP contribution in [0.3, 0.4) is 0 Å². The zero-order valence-corrected chi connectivity index (χ0v) is 21.3. The first kappa shape index (κ1) is 25.4. The standard InChI is InChI=1S/C30H29ClO5/c1-20-7-4-10-25(15-20)35-29(18-31)30(36-26-11-5-8-21(2)16-26)19-33-24-14-13-23-9-6-12-28(27(23)17-24)34-22(3)32/h4-17,29-30H,18-19H2,1-3H3. The highest BCUT2D eigenvalue weighted by molar-refractivity contribution is 6.18. The van der Waals surface area contributed by atoms with Crippen LogP contribution in [0.25, 0.3) is 10.8 Å². The minimum Gasteiger partial charge on any atom is -0.490 e. The smallest absolute Gasteiger partial charge is 0.308 e. The Labute approximate surface area is 216 Å². The number of ether oxygens (including phenoxy) is 4. The Balaban J connectivity index is 1.58. The topological polar surface area (TPSA) is 54.0 Å². The molecule has 0 N–H and O–H groups in total. The Kier molecular flexibility index (Phi) is 8.34. The Morgan fingerprint density at radius 3 is 2.03 bits per heavy atom. The summed E-state index contributed by atoms with van der Waals surface area (Å²) < 4.78 is 24.1. The van der Waals surface area contributed by atoms with Crippen LogP contribution < -0.4 is 18.9 Å². The number of hydrogen-bond acceptors (Lipinski definition) is 5. The second-order valence-electron chi connectivity index (χ2n) is 8.64. The van der Waals surface area contributed by atoms with Crippen molar-refractivity contribution in [1.82, 2.24) is 0 Å². The number of aryl methyl sites for hydroxylation is 2. The summed E-state index contributed by atoms with van der Waals surface area (Å²) in [6.45, 7) is 5.60. The van der Waals surface area contributed by atoms with Gasteiger partial charge in [-0.1, -0.05) is 42.5 Å². The molecule has 0 aliphatic heterocycles. The van der Waals surface area contributed by atoms with Crippen molar-refractivity contribution in [3.8, 4) is 23.0 Å². The lowest BCUT2D eigenvalue weighted by atomic mass is 10.1. The van der Waals surface area contributed by atoms with Crippen LogP contribution in [0.4, 0.5) is 0 Å². The van der Waals surface area contributed by atoms with Gasteiger partial charge in [-0.2, -0.15) is 0 Å². The normalized spacial score (nSPS) is 12.6. The van der Waals surface area contributed by atoms with E-state index in [2.05, 4.69) is 0 Å². The first-order valence-corrected chi connectivity index (χ1v) is 12.3. The van der Waals surface area contributed by atoms with Crippen LogP contribution in [0.15, 0.2) is 84.9 Å². The molecule has 0 amide bonds. The zero-order chi connectivity index (χ0) is 25.5. The Bertz CT molecular complexity index is 1340. The number of hydrogen-bond donors (Lipinski definition) is 0. The predicted molar refractivity (Wildman–Crippen MR) is 143 cm³/mol. The predicted octanol–water partition coefficient (Wildman–Crippen LogP) is 6.89. The van der Waals surface area contributed by atoms with E-state index in [1.165, 1.54) is 6.92 Å². The molecule has 0 spiro atoms. The highest BCUT2D eigenvalue weighted by Gasteiger charge is 2.26. The Hall–Kier alpha value is -3.70. The van der Waals surface area contributed by atoms with Crippen LogP contribution in [-0.4, -0.2) is 30.7 Å². The van der Waals surface area contributed by atoms with Crippen molar-refractivity contribution in [2.24, 2.45) is 0 Å². The molecule has 186 valence electrons. The molecular formula is C30H29ClO5. The molecular weight excluding hydrogens is 476 g/mol. The molecule has 0 fully saturated rings. The van der Waals surface area contributed by atoms with Crippen LogP contribution in [0, 0.1) is 13.8 Å². The zero-order valence-electron chi connectivity index (χ0n) is 20.6.